The second-order valence-electron chi connectivity index (χ2n) is 5.79. The lowest BCUT2D eigenvalue weighted by molar-refractivity contribution is -0.125. The Morgan fingerprint density at radius 1 is 1.24 bits per heavy atom. The highest BCUT2D eigenvalue weighted by Crippen LogP contribution is 2.63. The number of nitrogens with one attached hydrogen (secondary N) is 1. The van der Waals surface area contributed by atoms with Gasteiger partial charge in [0, 0.05) is 12.1 Å². The van der Waals surface area contributed by atoms with Gasteiger partial charge in [0.1, 0.15) is 10.6 Å². The number of rotatable bonds is 3. The maximum Gasteiger partial charge on any atom is 0.290 e. The molecule has 1 aromatic carbocycles. The van der Waals surface area contributed by atoms with Crippen LogP contribution < -0.4 is 5.32 Å². The molecule has 1 heterocycles. The van der Waals surface area contributed by atoms with Crippen LogP contribution in [0.3, 0.4) is 0 Å². The van der Waals surface area contributed by atoms with Crippen molar-refractivity contribution in [1.29, 1.82) is 0 Å². The van der Waals surface area contributed by atoms with Crippen LogP contribution in [0.1, 0.15) is 26.3 Å². The molecule has 0 aromatic heterocycles. The average Bonchev–Trinajstić information content (AvgIpc) is 2.57. The van der Waals surface area contributed by atoms with Crippen LogP contribution in [0.25, 0.3) is 4.91 Å². The van der Waals surface area contributed by atoms with Crippen molar-refractivity contribution in [3.05, 3.63) is 48.5 Å². The monoisotopic (exact) mass is 309 g/mol. The molecule has 115 valence electrons. The van der Waals surface area contributed by atoms with Gasteiger partial charge in [0.15, 0.2) is 0 Å². The molecule has 5 nitrogen and oxygen atoms in total. The van der Waals surface area contributed by atoms with Crippen molar-refractivity contribution in [2.24, 2.45) is 0 Å². The van der Waals surface area contributed by atoms with Crippen LogP contribution in [0.15, 0.2) is 36.0 Å². The van der Waals surface area contributed by atoms with Crippen LogP contribution in [0.4, 0.5) is 0 Å². The molecule has 0 aliphatic carbocycles. The Bertz CT molecular complexity index is 576. The number of nitrogens with zero attached hydrogens (tertiary/aromatic N) is 1. The lowest BCUT2D eigenvalue weighted by atomic mass is 10.1. The molecule has 1 aliphatic heterocycles. The second kappa shape index (κ2) is 5.36. The zero-order valence-corrected chi connectivity index (χ0v) is 13.3. The first-order chi connectivity index (χ1) is 9.71. The van der Waals surface area contributed by atoms with Crippen molar-refractivity contribution in [2.45, 2.75) is 26.3 Å². The summed E-state index contributed by atoms with van der Waals surface area (Å²) in [6.07, 6.45) is 0. The Balaban J connectivity index is 2.64. The summed E-state index contributed by atoms with van der Waals surface area (Å²) in [5, 5.41) is 2.88. The number of carbonyl (C=O) groups excluding carboxylic acids is 1. The van der Waals surface area contributed by atoms with E-state index < -0.39 is 22.2 Å². The molecule has 0 atom stereocenters. The van der Waals surface area contributed by atoms with Crippen molar-refractivity contribution >= 4 is 21.6 Å². The van der Waals surface area contributed by atoms with Crippen LogP contribution in [-0.4, -0.2) is 31.4 Å². The van der Waals surface area contributed by atoms with Gasteiger partial charge in [-0.1, -0.05) is 41.1 Å². The van der Waals surface area contributed by atoms with Crippen LogP contribution in [0, 0.1) is 6.92 Å². The molecular formula is C15H21N2O3S. The number of carbonyl (C=O) groups is 1. The van der Waals surface area contributed by atoms with E-state index in [1.807, 2.05) is 6.07 Å². The van der Waals surface area contributed by atoms with Crippen molar-refractivity contribution in [1.82, 2.24) is 9.62 Å². The van der Waals surface area contributed by atoms with Crippen LogP contribution in [-0.2, 0) is 4.79 Å². The maximum atomic E-state index is 12.6. The topological polar surface area (TPSA) is 72.8 Å². The van der Waals surface area contributed by atoms with Gasteiger partial charge >= 0.3 is 0 Å². The third-order valence-electron chi connectivity index (χ3n) is 3.10. The quantitative estimate of drug-likeness (QED) is 0.802. The van der Waals surface area contributed by atoms with Gasteiger partial charge in [-0.05, 0) is 27.7 Å². The van der Waals surface area contributed by atoms with Crippen molar-refractivity contribution in [2.75, 3.05) is 6.54 Å². The summed E-state index contributed by atoms with van der Waals surface area (Å²) in [7, 11) is -3.39. The third-order valence-corrected chi connectivity index (χ3v) is 5.31. The van der Waals surface area contributed by atoms with Crippen LogP contribution in [0.2, 0.25) is 0 Å². The Labute approximate surface area is 127 Å². The van der Waals surface area contributed by atoms with E-state index in [2.05, 4.69) is 12.2 Å². The molecule has 1 radical (unpaired) electrons. The Morgan fingerprint density at radius 3 is 2.29 bits per heavy atom. The molecular weight excluding hydrogens is 288 g/mol. The molecule has 1 aliphatic rings. The summed E-state index contributed by atoms with van der Waals surface area (Å²) in [5.74, 6) is -0.412. The average molecular weight is 309 g/mol. The summed E-state index contributed by atoms with van der Waals surface area (Å²) in [6, 6.07) is 8.94. The zero-order chi connectivity index (χ0) is 15.8. The minimum atomic E-state index is -3.39. The summed E-state index contributed by atoms with van der Waals surface area (Å²) in [5.41, 5.74) is 0.125. The molecule has 0 spiro atoms. The predicted molar refractivity (Wildman–Crippen MR) is 86.2 cm³/mol. The zero-order valence-electron chi connectivity index (χ0n) is 12.5. The van der Waals surface area contributed by atoms with Crippen LogP contribution in [0.5, 0.6) is 0 Å². The lowest BCUT2D eigenvalue weighted by Crippen LogP contribution is -2.45. The van der Waals surface area contributed by atoms with Gasteiger partial charge in [0.25, 0.3) is 5.91 Å². The Kier molecular flexibility index (Phi) is 4.06. The molecule has 1 aromatic rings. The molecule has 0 saturated heterocycles. The summed E-state index contributed by atoms with van der Waals surface area (Å²) in [4.78, 5) is 12.9. The van der Waals surface area contributed by atoms with Crippen molar-refractivity contribution < 1.29 is 13.9 Å². The molecule has 0 fully saturated rings. The van der Waals surface area contributed by atoms with E-state index in [0.29, 0.717) is 5.56 Å². The number of hydrogen-bond donors (Lipinski definition) is 3. The molecule has 2 rings (SSSR count). The van der Waals surface area contributed by atoms with Gasteiger partial charge < -0.3 is 5.32 Å². The fourth-order valence-corrected chi connectivity index (χ4v) is 4.56. The minimum absolute atomic E-state index is 0.214. The Morgan fingerprint density at radius 2 is 1.81 bits per heavy atom. The number of hydrogen-bond acceptors (Lipinski definition) is 4. The van der Waals surface area contributed by atoms with E-state index in [4.69, 9.17) is 0 Å². The Hall–Kier alpha value is -1.50. The first-order valence-electron chi connectivity index (χ1n) is 6.67. The second-order valence-corrected chi connectivity index (χ2v) is 7.60. The summed E-state index contributed by atoms with van der Waals surface area (Å²) < 4.78 is 22.5. The molecule has 0 unspecified atom stereocenters. The van der Waals surface area contributed by atoms with E-state index in [1.165, 1.54) is 0 Å². The minimum Gasteiger partial charge on any atom is -0.379 e. The normalized spacial score (nSPS) is 19.9. The van der Waals surface area contributed by atoms with E-state index in [1.54, 1.807) is 45.0 Å². The standard InChI is InChI=1S/C15H21N2O3S/c1-5-16-12-13(11-9-7-6-8-10-11)21(19,20)17(14(12)18)15(2,3)4/h6-10,16,19-20H,1,5H2,2-4H3. The molecule has 3 N–H and O–H groups in total. The van der Waals surface area contributed by atoms with Gasteiger partial charge in [-0.2, -0.15) is 0 Å². The SMILES string of the molecule is [CH2]CNC1=C(c2ccccc2)S(O)(O)N(C(C)(C)C)C1=O. The van der Waals surface area contributed by atoms with Crippen molar-refractivity contribution in [3.8, 4) is 0 Å². The predicted octanol–water partition coefficient (Wildman–Crippen LogP) is 3.09. The lowest BCUT2D eigenvalue weighted by Gasteiger charge is -2.45. The largest absolute Gasteiger partial charge is 0.379 e. The van der Waals surface area contributed by atoms with Gasteiger partial charge in [0.2, 0.25) is 0 Å². The summed E-state index contributed by atoms with van der Waals surface area (Å²) in [6.45, 7) is 9.28. The fourth-order valence-electron chi connectivity index (χ4n) is 2.40. The van der Waals surface area contributed by atoms with Crippen molar-refractivity contribution in [3.63, 3.8) is 0 Å². The third kappa shape index (κ3) is 2.66. The fraction of sp³-hybridized carbons (Fsp3) is 0.333. The highest BCUT2D eigenvalue weighted by molar-refractivity contribution is 8.31. The van der Waals surface area contributed by atoms with E-state index >= 15 is 0 Å². The van der Waals surface area contributed by atoms with Crippen LogP contribution >= 0.6 is 10.8 Å². The molecule has 21 heavy (non-hydrogen) atoms. The highest BCUT2D eigenvalue weighted by Gasteiger charge is 2.49. The highest BCUT2D eigenvalue weighted by atomic mass is 32.3. The van der Waals surface area contributed by atoms with Gasteiger partial charge in [0.05, 0.1) is 5.54 Å². The maximum absolute atomic E-state index is 12.6. The number of amides is 1. The first kappa shape index (κ1) is 15.9. The van der Waals surface area contributed by atoms with E-state index in [9.17, 15) is 13.9 Å². The summed E-state index contributed by atoms with van der Waals surface area (Å²) >= 11 is 0. The molecule has 6 heteroatoms. The number of benzene rings is 1. The molecule has 0 bridgehead atoms. The first-order valence-corrected chi connectivity index (χ1v) is 8.17. The molecule has 0 saturated carbocycles. The molecule has 1 amide bonds. The van der Waals surface area contributed by atoms with Gasteiger partial charge in [-0.3, -0.25) is 13.9 Å². The smallest absolute Gasteiger partial charge is 0.290 e. The van der Waals surface area contributed by atoms with E-state index in [0.717, 1.165) is 4.31 Å². The van der Waals surface area contributed by atoms with Gasteiger partial charge in [-0.25, -0.2) is 4.31 Å². The van der Waals surface area contributed by atoms with E-state index in [-0.39, 0.29) is 17.1 Å². The van der Waals surface area contributed by atoms with Gasteiger partial charge in [-0.15, -0.1) is 0 Å².